The molecule has 31 heavy (non-hydrogen) atoms. The molecule has 0 unspecified atom stereocenters. The fourth-order valence-corrected chi connectivity index (χ4v) is 4.45. The van der Waals surface area contributed by atoms with Gasteiger partial charge in [-0.15, -0.1) is 0 Å². The van der Waals surface area contributed by atoms with Gasteiger partial charge in [0.05, 0.1) is 4.91 Å². The molecule has 0 atom stereocenters. The molecule has 2 heterocycles. The van der Waals surface area contributed by atoms with Crippen LogP contribution in [-0.4, -0.2) is 33.1 Å². The van der Waals surface area contributed by atoms with Gasteiger partial charge in [-0.05, 0) is 62.4 Å². The van der Waals surface area contributed by atoms with E-state index in [0.29, 0.717) is 10.6 Å². The molecule has 1 aliphatic rings. The summed E-state index contributed by atoms with van der Waals surface area (Å²) in [6, 6.07) is 15.6. The van der Waals surface area contributed by atoms with Crippen molar-refractivity contribution in [1.29, 1.82) is 0 Å². The molecule has 0 saturated carbocycles. The van der Waals surface area contributed by atoms with Crippen LogP contribution < -0.4 is 5.32 Å². The summed E-state index contributed by atoms with van der Waals surface area (Å²) in [6.45, 7) is 5.80. The number of imide groups is 1. The number of fused-ring (bicyclic) bond motifs is 1. The molecule has 0 aliphatic carbocycles. The maximum Gasteiger partial charge on any atom is 0.294 e. The zero-order chi connectivity index (χ0) is 22.1. The predicted octanol–water partition coefficient (Wildman–Crippen LogP) is 5.21. The molecule has 2 aromatic carbocycles. The Balaban J connectivity index is 1.55. The third-order valence-electron chi connectivity index (χ3n) is 5.09. The molecule has 4 rings (SSSR count). The molecule has 1 aromatic heterocycles. The van der Waals surface area contributed by atoms with Crippen molar-refractivity contribution >= 4 is 51.5 Å². The van der Waals surface area contributed by atoms with Gasteiger partial charge >= 0.3 is 0 Å². The van der Waals surface area contributed by atoms with Crippen molar-refractivity contribution < 1.29 is 14.4 Å². The fourth-order valence-electron chi connectivity index (χ4n) is 3.62. The monoisotopic (exact) mass is 433 g/mol. The summed E-state index contributed by atoms with van der Waals surface area (Å²) in [7, 11) is 0. The quantitative estimate of drug-likeness (QED) is 0.561. The number of anilines is 1. The molecule has 0 radical (unpaired) electrons. The van der Waals surface area contributed by atoms with Crippen LogP contribution in [0.15, 0.2) is 59.6 Å². The molecule has 3 amide bonds. The molecular weight excluding hydrogens is 410 g/mol. The first-order valence-corrected chi connectivity index (χ1v) is 10.9. The Hall–Kier alpha value is -3.32. The molecule has 1 aliphatic heterocycles. The highest BCUT2D eigenvalue weighted by molar-refractivity contribution is 8.18. The summed E-state index contributed by atoms with van der Waals surface area (Å²) < 4.78 is 2.14. The number of nitrogens with one attached hydrogen (secondary N) is 1. The van der Waals surface area contributed by atoms with Crippen LogP contribution in [0, 0.1) is 6.92 Å². The molecule has 1 saturated heterocycles. The average Bonchev–Trinajstić information content (AvgIpc) is 3.21. The van der Waals surface area contributed by atoms with Gasteiger partial charge in [0, 0.05) is 34.4 Å². The summed E-state index contributed by atoms with van der Waals surface area (Å²) in [4.78, 5) is 39.0. The molecule has 7 heteroatoms. The number of aryl methyl sites for hydroxylation is 1. The normalized spacial score (nSPS) is 15.5. The zero-order valence-corrected chi connectivity index (χ0v) is 18.4. The molecule has 6 nitrogen and oxygen atoms in total. The first kappa shape index (κ1) is 20.9. The summed E-state index contributed by atoms with van der Waals surface area (Å²) in [6.07, 6.45) is 3.73. The molecule has 1 fully saturated rings. The standard InChI is InChI=1S/C24H23N3O3S/c1-15(2)26-13-17(19-9-4-5-10-20(19)26)12-21-23(29)27(24(30)31-21)14-22(28)25-18-8-6-7-16(3)11-18/h4-13,15H,14H2,1-3H3,(H,25,28)/b21-12-. The Labute approximate surface area is 184 Å². The van der Waals surface area contributed by atoms with Crippen LogP contribution in [0.4, 0.5) is 10.5 Å². The third kappa shape index (κ3) is 4.27. The Bertz CT molecular complexity index is 1230. The number of rotatable bonds is 5. The second-order valence-corrected chi connectivity index (χ2v) is 8.78. The second-order valence-electron chi connectivity index (χ2n) is 7.79. The van der Waals surface area contributed by atoms with Gasteiger partial charge in [-0.3, -0.25) is 19.3 Å². The van der Waals surface area contributed by atoms with E-state index in [9.17, 15) is 14.4 Å². The molecule has 0 bridgehead atoms. The summed E-state index contributed by atoms with van der Waals surface area (Å²) in [5, 5.41) is 3.31. The smallest absolute Gasteiger partial charge is 0.294 e. The summed E-state index contributed by atoms with van der Waals surface area (Å²) >= 11 is 0.863. The number of hydrogen-bond donors (Lipinski definition) is 1. The van der Waals surface area contributed by atoms with Crippen molar-refractivity contribution in [2.45, 2.75) is 26.8 Å². The number of carbonyl (C=O) groups excluding carboxylic acids is 3. The van der Waals surface area contributed by atoms with Crippen molar-refractivity contribution in [2.24, 2.45) is 0 Å². The number of benzene rings is 2. The lowest BCUT2D eigenvalue weighted by Crippen LogP contribution is -2.36. The van der Waals surface area contributed by atoms with Crippen molar-refractivity contribution in [3.05, 3.63) is 70.8 Å². The van der Waals surface area contributed by atoms with E-state index in [0.717, 1.165) is 38.7 Å². The highest BCUT2D eigenvalue weighted by atomic mass is 32.2. The maximum atomic E-state index is 12.9. The predicted molar refractivity (Wildman–Crippen MR) is 125 cm³/mol. The van der Waals surface area contributed by atoms with Gasteiger partial charge in [-0.2, -0.15) is 0 Å². The van der Waals surface area contributed by atoms with Crippen LogP contribution in [0.2, 0.25) is 0 Å². The Kier molecular flexibility index (Phi) is 5.69. The lowest BCUT2D eigenvalue weighted by atomic mass is 10.1. The van der Waals surface area contributed by atoms with E-state index in [4.69, 9.17) is 0 Å². The lowest BCUT2D eigenvalue weighted by molar-refractivity contribution is -0.127. The Morgan fingerprint density at radius 3 is 2.65 bits per heavy atom. The van der Waals surface area contributed by atoms with Crippen molar-refractivity contribution in [3.63, 3.8) is 0 Å². The highest BCUT2D eigenvalue weighted by Gasteiger charge is 2.36. The van der Waals surface area contributed by atoms with Crippen molar-refractivity contribution in [1.82, 2.24) is 9.47 Å². The number of nitrogens with zero attached hydrogens (tertiary/aromatic N) is 2. The van der Waals surface area contributed by atoms with E-state index in [-0.39, 0.29) is 12.6 Å². The second kappa shape index (κ2) is 8.43. The number of para-hydroxylation sites is 1. The molecule has 1 N–H and O–H groups in total. The van der Waals surface area contributed by atoms with E-state index in [1.807, 2.05) is 55.6 Å². The molecule has 0 spiro atoms. The van der Waals surface area contributed by atoms with Gasteiger partial charge in [0.15, 0.2) is 0 Å². The minimum absolute atomic E-state index is 0.257. The Morgan fingerprint density at radius 2 is 1.90 bits per heavy atom. The number of aromatic nitrogens is 1. The number of thioether (sulfide) groups is 1. The minimum atomic E-state index is -0.448. The van der Waals surface area contributed by atoms with Gasteiger partial charge in [-0.1, -0.05) is 30.3 Å². The first-order valence-electron chi connectivity index (χ1n) is 10.0. The molecule has 3 aromatic rings. The number of hydrogen-bond acceptors (Lipinski definition) is 4. The maximum absolute atomic E-state index is 12.9. The summed E-state index contributed by atoms with van der Waals surface area (Å²) in [5.74, 6) is -0.860. The van der Waals surface area contributed by atoms with Gasteiger partial charge in [0.25, 0.3) is 11.1 Å². The third-order valence-corrected chi connectivity index (χ3v) is 6.00. The molecule has 158 valence electrons. The van der Waals surface area contributed by atoms with Gasteiger partial charge < -0.3 is 9.88 Å². The first-order chi connectivity index (χ1) is 14.8. The van der Waals surface area contributed by atoms with Gasteiger partial charge in [-0.25, -0.2) is 0 Å². The topological polar surface area (TPSA) is 71.4 Å². The van der Waals surface area contributed by atoms with Crippen LogP contribution in [0.25, 0.3) is 17.0 Å². The van der Waals surface area contributed by atoms with E-state index < -0.39 is 17.1 Å². The summed E-state index contributed by atoms with van der Waals surface area (Å²) in [5.41, 5.74) is 3.58. The minimum Gasteiger partial charge on any atom is -0.344 e. The van der Waals surface area contributed by atoms with E-state index in [1.54, 1.807) is 12.1 Å². The van der Waals surface area contributed by atoms with Crippen LogP contribution in [0.3, 0.4) is 0 Å². The van der Waals surface area contributed by atoms with E-state index in [2.05, 4.69) is 23.7 Å². The average molecular weight is 434 g/mol. The van der Waals surface area contributed by atoms with E-state index >= 15 is 0 Å². The number of amides is 3. The van der Waals surface area contributed by atoms with Crippen LogP contribution in [0.1, 0.15) is 31.0 Å². The Morgan fingerprint density at radius 1 is 1.13 bits per heavy atom. The van der Waals surface area contributed by atoms with Gasteiger partial charge in [0.2, 0.25) is 5.91 Å². The van der Waals surface area contributed by atoms with Gasteiger partial charge in [0.1, 0.15) is 6.54 Å². The fraction of sp³-hybridized carbons (Fsp3) is 0.208. The van der Waals surface area contributed by atoms with Crippen LogP contribution in [0.5, 0.6) is 0 Å². The van der Waals surface area contributed by atoms with Crippen LogP contribution >= 0.6 is 11.8 Å². The SMILES string of the molecule is Cc1cccc(NC(=O)CN2C(=O)S/C(=C\c3cn(C(C)C)c4ccccc34)C2=O)c1. The van der Waals surface area contributed by atoms with Crippen molar-refractivity contribution in [3.8, 4) is 0 Å². The lowest BCUT2D eigenvalue weighted by Gasteiger charge is -2.12. The highest BCUT2D eigenvalue weighted by Crippen LogP contribution is 2.34. The zero-order valence-electron chi connectivity index (χ0n) is 17.6. The number of carbonyl (C=O) groups is 3. The largest absolute Gasteiger partial charge is 0.344 e. The molecular formula is C24H23N3O3S. The van der Waals surface area contributed by atoms with Crippen molar-refractivity contribution in [2.75, 3.05) is 11.9 Å². The van der Waals surface area contributed by atoms with Crippen LogP contribution in [-0.2, 0) is 9.59 Å². The van der Waals surface area contributed by atoms with E-state index in [1.165, 1.54) is 0 Å².